The molecule has 0 aliphatic rings. The van der Waals surface area contributed by atoms with Crippen LogP contribution in [0, 0.1) is 0 Å². The minimum absolute atomic E-state index is 0.567. The monoisotopic (exact) mass is 245 g/mol. The minimum Gasteiger partial charge on any atom is -0.494 e. The first-order chi connectivity index (χ1) is 8.83. The minimum atomic E-state index is 0.567. The van der Waals surface area contributed by atoms with Crippen molar-refractivity contribution in [3.05, 3.63) is 42.0 Å². The second-order valence-corrected chi connectivity index (χ2v) is 4.35. The van der Waals surface area contributed by atoms with Crippen LogP contribution >= 0.6 is 0 Å². The number of ether oxygens (including phenoxy) is 1. The van der Waals surface area contributed by atoms with Crippen LogP contribution in [-0.2, 0) is 6.42 Å². The standard InChI is InChI=1S/C15H19NO2/c1-2-9-18-15-6-5-13-4-3-12(7-8-16-17)10-14(13)11-15/h3-6,10-11,16-17H,2,7-9H2,1H3. The van der Waals surface area contributed by atoms with Crippen molar-refractivity contribution >= 4 is 10.8 Å². The van der Waals surface area contributed by atoms with Crippen LogP contribution in [0.3, 0.4) is 0 Å². The molecule has 3 nitrogen and oxygen atoms in total. The number of benzene rings is 2. The molecule has 3 heteroatoms. The number of hydroxylamine groups is 1. The quantitative estimate of drug-likeness (QED) is 0.768. The summed E-state index contributed by atoms with van der Waals surface area (Å²) in [5.74, 6) is 0.918. The van der Waals surface area contributed by atoms with Gasteiger partial charge < -0.3 is 9.94 Å². The Kier molecular flexibility index (Phi) is 4.56. The molecule has 2 aromatic rings. The van der Waals surface area contributed by atoms with Gasteiger partial charge >= 0.3 is 0 Å². The Morgan fingerprint density at radius 2 is 1.94 bits per heavy atom. The third kappa shape index (κ3) is 3.22. The number of rotatable bonds is 6. The van der Waals surface area contributed by atoms with Crippen LogP contribution in [0.15, 0.2) is 36.4 Å². The summed E-state index contributed by atoms with van der Waals surface area (Å²) in [6.07, 6.45) is 1.83. The Balaban J connectivity index is 2.22. The van der Waals surface area contributed by atoms with E-state index in [0.717, 1.165) is 25.2 Å². The molecule has 0 unspecified atom stereocenters. The van der Waals surface area contributed by atoms with Gasteiger partial charge in [0.1, 0.15) is 5.75 Å². The predicted molar refractivity (Wildman–Crippen MR) is 73.2 cm³/mol. The van der Waals surface area contributed by atoms with Crippen molar-refractivity contribution in [2.75, 3.05) is 13.2 Å². The lowest BCUT2D eigenvalue weighted by Crippen LogP contribution is -2.11. The Bertz CT molecular complexity index is 468. The second kappa shape index (κ2) is 6.38. The Morgan fingerprint density at radius 1 is 1.11 bits per heavy atom. The SMILES string of the molecule is CCCOc1ccc2ccc(CCNO)cc2c1. The highest BCUT2D eigenvalue weighted by molar-refractivity contribution is 5.84. The third-order valence-electron chi connectivity index (χ3n) is 2.87. The van der Waals surface area contributed by atoms with Crippen molar-refractivity contribution in [1.82, 2.24) is 5.48 Å². The zero-order valence-corrected chi connectivity index (χ0v) is 10.6. The second-order valence-electron chi connectivity index (χ2n) is 4.35. The molecule has 0 aliphatic carbocycles. The molecule has 0 saturated heterocycles. The lowest BCUT2D eigenvalue weighted by Gasteiger charge is -2.07. The zero-order chi connectivity index (χ0) is 12.8. The average Bonchev–Trinajstić information content (AvgIpc) is 2.42. The first-order valence-electron chi connectivity index (χ1n) is 6.36. The summed E-state index contributed by atoms with van der Waals surface area (Å²) in [7, 11) is 0. The Hall–Kier alpha value is -1.58. The van der Waals surface area contributed by atoms with Crippen molar-refractivity contribution in [2.45, 2.75) is 19.8 Å². The van der Waals surface area contributed by atoms with E-state index in [9.17, 15) is 0 Å². The van der Waals surface area contributed by atoms with Gasteiger partial charge in [0.2, 0.25) is 0 Å². The summed E-state index contributed by atoms with van der Waals surface area (Å²) in [4.78, 5) is 0. The molecular weight excluding hydrogens is 226 g/mol. The molecule has 0 aromatic heterocycles. The molecule has 0 radical (unpaired) electrons. The van der Waals surface area contributed by atoms with Crippen LogP contribution in [0.2, 0.25) is 0 Å². The number of fused-ring (bicyclic) bond motifs is 1. The van der Waals surface area contributed by atoms with Gasteiger partial charge in [0.15, 0.2) is 0 Å². The smallest absolute Gasteiger partial charge is 0.119 e. The van der Waals surface area contributed by atoms with Gasteiger partial charge in [-0.3, -0.25) is 0 Å². The number of hydrogen-bond acceptors (Lipinski definition) is 3. The van der Waals surface area contributed by atoms with E-state index >= 15 is 0 Å². The molecule has 18 heavy (non-hydrogen) atoms. The molecule has 2 aromatic carbocycles. The van der Waals surface area contributed by atoms with Crippen molar-refractivity contribution in [3.63, 3.8) is 0 Å². The molecule has 0 heterocycles. The predicted octanol–water partition coefficient (Wildman–Crippen LogP) is 3.15. The van der Waals surface area contributed by atoms with Crippen LogP contribution in [0.5, 0.6) is 5.75 Å². The number of nitrogens with one attached hydrogen (secondary N) is 1. The Labute approximate surface area is 107 Å². The summed E-state index contributed by atoms with van der Waals surface area (Å²) < 4.78 is 5.63. The summed E-state index contributed by atoms with van der Waals surface area (Å²) in [5.41, 5.74) is 3.38. The molecule has 96 valence electrons. The fraction of sp³-hybridized carbons (Fsp3) is 0.333. The highest BCUT2D eigenvalue weighted by Gasteiger charge is 1.99. The van der Waals surface area contributed by atoms with E-state index in [4.69, 9.17) is 9.94 Å². The fourth-order valence-corrected chi connectivity index (χ4v) is 1.94. The molecule has 0 spiro atoms. The largest absolute Gasteiger partial charge is 0.494 e. The van der Waals surface area contributed by atoms with E-state index in [1.165, 1.54) is 16.3 Å². The summed E-state index contributed by atoms with van der Waals surface area (Å²) >= 11 is 0. The van der Waals surface area contributed by atoms with Gasteiger partial charge in [0.25, 0.3) is 0 Å². The van der Waals surface area contributed by atoms with Crippen LogP contribution in [0.25, 0.3) is 10.8 Å². The maximum Gasteiger partial charge on any atom is 0.119 e. The maximum atomic E-state index is 8.61. The van der Waals surface area contributed by atoms with Crippen LogP contribution in [0.4, 0.5) is 0 Å². The summed E-state index contributed by atoms with van der Waals surface area (Å²) in [6.45, 7) is 3.41. The molecule has 0 atom stereocenters. The van der Waals surface area contributed by atoms with Gasteiger partial charge in [0.05, 0.1) is 6.61 Å². The lowest BCUT2D eigenvalue weighted by atomic mass is 10.0. The average molecular weight is 245 g/mol. The molecular formula is C15H19NO2. The first kappa shape index (κ1) is 12.9. The van der Waals surface area contributed by atoms with Gasteiger partial charge in [-0.15, -0.1) is 0 Å². The summed E-state index contributed by atoms with van der Waals surface area (Å²) in [6, 6.07) is 12.5. The van der Waals surface area contributed by atoms with Crippen LogP contribution in [0.1, 0.15) is 18.9 Å². The van der Waals surface area contributed by atoms with E-state index in [2.05, 4.69) is 42.7 Å². The zero-order valence-electron chi connectivity index (χ0n) is 10.6. The lowest BCUT2D eigenvalue weighted by molar-refractivity contribution is 0.168. The van der Waals surface area contributed by atoms with Gasteiger partial charge in [-0.2, -0.15) is 0 Å². The van der Waals surface area contributed by atoms with Crippen molar-refractivity contribution < 1.29 is 9.94 Å². The number of hydrogen-bond donors (Lipinski definition) is 2. The highest BCUT2D eigenvalue weighted by Crippen LogP contribution is 2.22. The van der Waals surface area contributed by atoms with E-state index < -0.39 is 0 Å². The maximum absolute atomic E-state index is 8.61. The van der Waals surface area contributed by atoms with E-state index in [1.807, 2.05) is 6.07 Å². The van der Waals surface area contributed by atoms with E-state index in [-0.39, 0.29) is 0 Å². The molecule has 2 rings (SSSR count). The molecule has 0 amide bonds. The van der Waals surface area contributed by atoms with E-state index in [1.54, 1.807) is 0 Å². The fourth-order valence-electron chi connectivity index (χ4n) is 1.94. The van der Waals surface area contributed by atoms with E-state index in [0.29, 0.717) is 6.54 Å². The molecule has 0 fully saturated rings. The first-order valence-corrected chi connectivity index (χ1v) is 6.36. The third-order valence-corrected chi connectivity index (χ3v) is 2.87. The van der Waals surface area contributed by atoms with Crippen LogP contribution < -0.4 is 10.2 Å². The Morgan fingerprint density at radius 3 is 2.72 bits per heavy atom. The molecule has 0 bridgehead atoms. The topological polar surface area (TPSA) is 41.5 Å². The van der Waals surface area contributed by atoms with Crippen molar-refractivity contribution in [2.24, 2.45) is 0 Å². The van der Waals surface area contributed by atoms with Crippen molar-refractivity contribution in [3.8, 4) is 5.75 Å². The van der Waals surface area contributed by atoms with Gasteiger partial charge in [-0.05, 0) is 41.3 Å². The van der Waals surface area contributed by atoms with Gasteiger partial charge in [-0.25, -0.2) is 5.48 Å². The van der Waals surface area contributed by atoms with Crippen LogP contribution in [-0.4, -0.2) is 18.4 Å². The summed E-state index contributed by atoms with van der Waals surface area (Å²) in [5, 5.41) is 11.0. The molecule has 2 N–H and O–H groups in total. The van der Waals surface area contributed by atoms with Gasteiger partial charge in [-0.1, -0.05) is 31.2 Å². The molecule has 0 saturated carbocycles. The molecule has 0 aliphatic heterocycles. The van der Waals surface area contributed by atoms with Gasteiger partial charge in [0, 0.05) is 6.54 Å². The van der Waals surface area contributed by atoms with Crippen molar-refractivity contribution in [1.29, 1.82) is 0 Å². The highest BCUT2D eigenvalue weighted by atomic mass is 16.5. The normalized spacial score (nSPS) is 10.8.